The Kier molecular flexibility index (Phi) is 6.96. The van der Waals surface area contributed by atoms with E-state index in [1.165, 1.54) is 11.3 Å². The summed E-state index contributed by atoms with van der Waals surface area (Å²) in [6.45, 7) is 0.803. The van der Waals surface area contributed by atoms with Gasteiger partial charge in [-0.2, -0.15) is 0 Å². The Bertz CT molecular complexity index is 1050. The fraction of sp³-hybridized carbons (Fsp3) is 0.304. The van der Waals surface area contributed by atoms with Crippen LogP contribution in [0.2, 0.25) is 0 Å². The van der Waals surface area contributed by atoms with Gasteiger partial charge in [0, 0.05) is 49.0 Å². The molecule has 2 heterocycles. The third-order valence-electron chi connectivity index (χ3n) is 5.11. The van der Waals surface area contributed by atoms with Crippen LogP contribution >= 0.6 is 11.3 Å². The Balaban J connectivity index is 1.31. The molecule has 0 atom stereocenters. The highest BCUT2D eigenvalue weighted by molar-refractivity contribution is 7.14. The van der Waals surface area contributed by atoms with E-state index in [0.717, 1.165) is 29.8 Å². The van der Waals surface area contributed by atoms with Gasteiger partial charge in [0.25, 0.3) is 5.91 Å². The lowest BCUT2D eigenvalue weighted by Gasteiger charge is -2.21. The molecule has 4 rings (SSSR count). The van der Waals surface area contributed by atoms with Gasteiger partial charge in [-0.3, -0.25) is 14.6 Å². The number of aromatic nitrogens is 2. The quantitative estimate of drug-likeness (QED) is 0.489. The molecular weight excluding hydrogens is 426 g/mol. The molecule has 1 aliphatic rings. The van der Waals surface area contributed by atoms with Gasteiger partial charge in [-0.05, 0) is 48.7 Å². The number of rotatable bonds is 10. The van der Waals surface area contributed by atoms with E-state index in [9.17, 15) is 9.59 Å². The van der Waals surface area contributed by atoms with Gasteiger partial charge in [-0.25, -0.2) is 4.98 Å². The van der Waals surface area contributed by atoms with Crippen LogP contribution in [-0.2, 0) is 11.3 Å². The van der Waals surface area contributed by atoms with E-state index in [4.69, 9.17) is 4.74 Å². The van der Waals surface area contributed by atoms with Gasteiger partial charge >= 0.3 is 0 Å². The minimum Gasteiger partial charge on any atom is -0.497 e. The van der Waals surface area contributed by atoms with Crippen LogP contribution in [0.3, 0.4) is 0 Å². The number of amides is 2. The van der Waals surface area contributed by atoms with Crippen LogP contribution in [0.15, 0.2) is 54.2 Å². The van der Waals surface area contributed by atoms with Gasteiger partial charge in [-0.15, -0.1) is 11.3 Å². The number of benzene rings is 1. The Morgan fingerprint density at radius 3 is 2.72 bits per heavy atom. The minimum absolute atomic E-state index is 0.0903. The van der Waals surface area contributed by atoms with Crippen LogP contribution in [0.5, 0.6) is 5.75 Å². The predicted octanol–water partition coefficient (Wildman–Crippen LogP) is 3.60. The lowest BCUT2D eigenvalue weighted by Crippen LogP contribution is -2.37. The van der Waals surface area contributed by atoms with E-state index in [1.807, 2.05) is 36.4 Å². The van der Waals surface area contributed by atoms with Crippen molar-refractivity contribution in [1.29, 1.82) is 0 Å². The second-order valence-electron chi connectivity index (χ2n) is 7.51. The molecule has 2 aromatic heterocycles. The molecule has 2 amide bonds. The number of nitrogens with zero attached hydrogens (tertiary/aromatic N) is 3. The fourth-order valence-electron chi connectivity index (χ4n) is 3.22. The van der Waals surface area contributed by atoms with E-state index >= 15 is 0 Å². The molecule has 0 saturated heterocycles. The van der Waals surface area contributed by atoms with Crippen molar-refractivity contribution < 1.29 is 14.3 Å². The summed E-state index contributed by atoms with van der Waals surface area (Å²) in [4.78, 5) is 35.6. The van der Waals surface area contributed by atoms with Crippen LogP contribution in [0.1, 0.15) is 35.3 Å². The van der Waals surface area contributed by atoms with Crippen LogP contribution in [0, 0.1) is 0 Å². The van der Waals surface area contributed by atoms with Crippen LogP contribution in [0.25, 0.3) is 0 Å². The zero-order valence-electron chi connectivity index (χ0n) is 17.8. The largest absolute Gasteiger partial charge is 0.497 e. The minimum atomic E-state index is -0.133. The Hall–Kier alpha value is -3.46. The standard InChI is InChI=1S/C23H25N5O3S/c1-31-19-8-4-17(5-9-19)26-23-27-20(15-32-23)22(30)28(18-6-7-18)12-10-21(29)25-14-16-3-2-11-24-13-16/h2-5,8-9,11,13,15,18H,6-7,10,12,14H2,1H3,(H,25,29)(H,26,27). The number of hydrogen-bond acceptors (Lipinski definition) is 7. The fourth-order valence-corrected chi connectivity index (χ4v) is 3.93. The summed E-state index contributed by atoms with van der Waals surface area (Å²) in [5.41, 5.74) is 2.20. The van der Waals surface area contributed by atoms with Crippen molar-refractivity contribution in [3.05, 3.63) is 65.4 Å². The molecule has 0 unspecified atom stereocenters. The number of hydrogen-bond donors (Lipinski definition) is 2. The molecule has 8 nitrogen and oxygen atoms in total. The zero-order valence-corrected chi connectivity index (χ0v) is 18.6. The Labute approximate surface area is 190 Å². The first-order valence-electron chi connectivity index (χ1n) is 10.5. The molecule has 1 aliphatic carbocycles. The van der Waals surface area contributed by atoms with Crippen molar-refractivity contribution in [1.82, 2.24) is 20.2 Å². The molecule has 0 spiro atoms. The molecule has 1 saturated carbocycles. The number of carbonyl (C=O) groups is 2. The summed E-state index contributed by atoms with van der Waals surface area (Å²) in [7, 11) is 1.62. The number of pyridine rings is 1. The predicted molar refractivity (Wildman–Crippen MR) is 123 cm³/mol. The van der Waals surface area contributed by atoms with Crippen molar-refractivity contribution in [2.24, 2.45) is 0 Å². The molecule has 2 N–H and O–H groups in total. The molecule has 1 aromatic carbocycles. The highest BCUT2D eigenvalue weighted by Gasteiger charge is 2.34. The molecule has 0 radical (unpaired) electrons. The average Bonchev–Trinajstić information content (AvgIpc) is 3.56. The summed E-state index contributed by atoms with van der Waals surface area (Å²) in [5.74, 6) is 0.550. The number of ether oxygens (including phenoxy) is 1. The third kappa shape index (κ3) is 5.82. The summed E-state index contributed by atoms with van der Waals surface area (Å²) in [6.07, 6.45) is 5.60. The van der Waals surface area contributed by atoms with Gasteiger partial charge in [0.05, 0.1) is 7.11 Å². The maximum Gasteiger partial charge on any atom is 0.273 e. The number of thiazole rings is 1. The topological polar surface area (TPSA) is 96.5 Å². The molecule has 1 fully saturated rings. The number of methoxy groups -OCH3 is 1. The van der Waals surface area contributed by atoms with Crippen LogP contribution in [0.4, 0.5) is 10.8 Å². The van der Waals surface area contributed by atoms with Crippen molar-refractivity contribution in [3.8, 4) is 5.75 Å². The van der Waals surface area contributed by atoms with Gasteiger partial charge in [0.2, 0.25) is 5.91 Å². The van der Waals surface area contributed by atoms with E-state index < -0.39 is 0 Å². The SMILES string of the molecule is COc1ccc(Nc2nc(C(=O)N(CCC(=O)NCc3cccnc3)C3CC3)cs2)cc1. The molecule has 166 valence electrons. The highest BCUT2D eigenvalue weighted by Crippen LogP contribution is 2.30. The van der Waals surface area contributed by atoms with E-state index in [0.29, 0.717) is 23.9 Å². The van der Waals surface area contributed by atoms with Crippen LogP contribution in [-0.4, -0.2) is 46.4 Å². The lowest BCUT2D eigenvalue weighted by molar-refractivity contribution is -0.121. The average molecular weight is 452 g/mol. The summed E-state index contributed by atoms with van der Waals surface area (Å²) in [5, 5.41) is 8.49. The number of carbonyl (C=O) groups excluding carboxylic acids is 2. The molecule has 0 bridgehead atoms. The molecule has 3 aromatic rings. The van der Waals surface area contributed by atoms with Gasteiger partial charge in [0.1, 0.15) is 11.4 Å². The molecule has 9 heteroatoms. The molecule has 32 heavy (non-hydrogen) atoms. The van der Waals surface area contributed by atoms with E-state index in [-0.39, 0.29) is 24.3 Å². The summed E-state index contributed by atoms with van der Waals surface area (Å²) >= 11 is 1.38. The monoisotopic (exact) mass is 451 g/mol. The second-order valence-corrected chi connectivity index (χ2v) is 8.37. The second kappa shape index (κ2) is 10.2. The third-order valence-corrected chi connectivity index (χ3v) is 5.86. The first-order chi connectivity index (χ1) is 15.6. The maximum atomic E-state index is 13.1. The Morgan fingerprint density at radius 1 is 1.22 bits per heavy atom. The molecule has 0 aliphatic heterocycles. The Morgan fingerprint density at radius 2 is 2.03 bits per heavy atom. The smallest absolute Gasteiger partial charge is 0.273 e. The number of nitrogens with one attached hydrogen (secondary N) is 2. The highest BCUT2D eigenvalue weighted by atomic mass is 32.1. The van der Waals surface area contributed by atoms with Gasteiger partial charge in [0.15, 0.2) is 5.13 Å². The van der Waals surface area contributed by atoms with Crippen molar-refractivity contribution in [2.75, 3.05) is 19.0 Å². The summed E-state index contributed by atoms with van der Waals surface area (Å²) < 4.78 is 5.16. The first-order valence-corrected chi connectivity index (χ1v) is 11.3. The van der Waals surface area contributed by atoms with Gasteiger partial charge < -0.3 is 20.3 Å². The van der Waals surface area contributed by atoms with E-state index in [1.54, 1.807) is 29.8 Å². The number of anilines is 2. The lowest BCUT2D eigenvalue weighted by atomic mass is 10.2. The van der Waals surface area contributed by atoms with Crippen molar-refractivity contribution in [3.63, 3.8) is 0 Å². The first kappa shape index (κ1) is 21.8. The van der Waals surface area contributed by atoms with Crippen LogP contribution < -0.4 is 15.4 Å². The van der Waals surface area contributed by atoms with Crippen molar-refractivity contribution >= 4 is 34.0 Å². The van der Waals surface area contributed by atoms with Crippen molar-refractivity contribution in [2.45, 2.75) is 31.8 Å². The van der Waals surface area contributed by atoms with Gasteiger partial charge in [-0.1, -0.05) is 6.07 Å². The molecular formula is C23H25N5O3S. The zero-order chi connectivity index (χ0) is 22.3. The normalized spacial score (nSPS) is 12.8. The maximum absolute atomic E-state index is 13.1. The summed E-state index contributed by atoms with van der Waals surface area (Å²) in [6, 6.07) is 11.4. The van der Waals surface area contributed by atoms with E-state index in [2.05, 4.69) is 20.6 Å².